The van der Waals surface area contributed by atoms with E-state index in [0.29, 0.717) is 0 Å². The second kappa shape index (κ2) is 7.51. The molecule has 2 fully saturated rings. The Balaban J connectivity index is 1.48. The smallest absolute Gasteiger partial charge is 0.191 e. The molecule has 132 valence electrons. The monoisotopic (exact) mass is 332 g/mol. The van der Waals surface area contributed by atoms with Gasteiger partial charge in [0.05, 0.1) is 0 Å². The van der Waals surface area contributed by atoms with Gasteiger partial charge < -0.3 is 15.5 Å². The lowest BCUT2D eigenvalue weighted by Gasteiger charge is -2.29. The first-order chi connectivity index (χ1) is 11.6. The zero-order valence-electron chi connectivity index (χ0n) is 14.8. The number of halogens is 1. The number of benzene rings is 1. The average Bonchev–Trinajstić information content (AvgIpc) is 3.38. The molecule has 0 bridgehead atoms. The van der Waals surface area contributed by atoms with Crippen molar-refractivity contribution in [3.05, 3.63) is 35.6 Å². The molecule has 1 aromatic rings. The van der Waals surface area contributed by atoms with E-state index in [-0.39, 0.29) is 11.2 Å². The van der Waals surface area contributed by atoms with Crippen LogP contribution in [0.1, 0.15) is 31.2 Å². The molecule has 1 aliphatic carbocycles. The van der Waals surface area contributed by atoms with Gasteiger partial charge in [0.2, 0.25) is 0 Å². The Morgan fingerprint density at radius 3 is 2.67 bits per heavy atom. The Bertz CT molecular complexity index is 574. The van der Waals surface area contributed by atoms with E-state index in [0.717, 1.165) is 43.4 Å². The fourth-order valence-corrected chi connectivity index (χ4v) is 3.52. The van der Waals surface area contributed by atoms with Crippen molar-refractivity contribution in [3.63, 3.8) is 0 Å². The summed E-state index contributed by atoms with van der Waals surface area (Å²) < 4.78 is 13.5. The number of aliphatic imine (C=N–C) groups is 1. The highest BCUT2D eigenvalue weighted by atomic mass is 19.1. The number of piperidine rings is 1. The maximum absolute atomic E-state index is 13.5. The Morgan fingerprint density at radius 1 is 1.29 bits per heavy atom. The molecule has 1 heterocycles. The number of hydrogen-bond donors (Lipinski definition) is 2. The van der Waals surface area contributed by atoms with Crippen molar-refractivity contribution in [2.45, 2.75) is 31.1 Å². The molecule has 1 saturated heterocycles. The van der Waals surface area contributed by atoms with Crippen LogP contribution < -0.4 is 10.6 Å². The summed E-state index contributed by atoms with van der Waals surface area (Å²) >= 11 is 0. The lowest BCUT2D eigenvalue weighted by Crippen LogP contribution is -2.44. The van der Waals surface area contributed by atoms with Crippen molar-refractivity contribution in [1.29, 1.82) is 0 Å². The van der Waals surface area contributed by atoms with Crippen LogP contribution in [0.4, 0.5) is 4.39 Å². The van der Waals surface area contributed by atoms with Gasteiger partial charge in [-0.2, -0.15) is 0 Å². The topological polar surface area (TPSA) is 39.7 Å². The quantitative estimate of drug-likeness (QED) is 0.642. The highest BCUT2D eigenvalue weighted by molar-refractivity contribution is 5.79. The molecule has 5 heteroatoms. The summed E-state index contributed by atoms with van der Waals surface area (Å²) in [6, 6.07) is 7.02. The molecule has 0 spiro atoms. The van der Waals surface area contributed by atoms with Gasteiger partial charge in [-0.15, -0.1) is 0 Å². The minimum atomic E-state index is -0.149. The lowest BCUT2D eigenvalue weighted by atomic mass is 9.96. The van der Waals surface area contributed by atoms with Crippen LogP contribution in [0, 0.1) is 11.7 Å². The largest absolute Gasteiger partial charge is 0.356 e. The molecular weight excluding hydrogens is 303 g/mol. The van der Waals surface area contributed by atoms with Gasteiger partial charge in [-0.1, -0.05) is 12.1 Å². The summed E-state index contributed by atoms with van der Waals surface area (Å²) in [6.07, 6.45) is 4.70. The molecule has 1 aliphatic heterocycles. The summed E-state index contributed by atoms with van der Waals surface area (Å²) in [4.78, 5) is 6.73. The highest BCUT2D eigenvalue weighted by Crippen LogP contribution is 2.47. The summed E-state index contributed by atoms with van der Waals surface area (Å²) in [7, 11) is 4.00. The first-order valence-corrected chi connectivity index (χ1v) is 9.00. The van der Waals surface area contributed by atoms with Crippen molar-refractivity contribution < 1.29 is 4.39 Å². The van der Waals surface area contributed by atoms with Gasteiger partial charge in [-0.3, -0.25) is 4.99 Å². The minimum absolute atomic E-state index is 0.0767. The zero-order chi connectivity index (χ0) is 17.0. The molecule has 0 amide bonds. The second-order valence-electron chi connectivity index (χ2n) is 7.34. The predicted molar refractivity (Wildman–Crippen MR) is 96.9 cm³/mol. The Kier molecular flexibility index (Phi) is 5.39. The number of nitrogens with one attached hydrogen (secondary N) is 2. The van der Waals surface area contributed by atoms with E-state index in [1.54, 1.807) is 12.1 Å². The van der Waals surface area contributed by atoms with Crippen molar-refractivity contribution in [3.8, 4) is 0 Å². The number of hydrogen-bond acceptors (Lipinski definition) is 2. The van der Waals surface area contributed by atoms with E-state index in [2.05, 4.69) is 27.6 Å². The number of rotatable bonds is 5. The first-order valence-electron chi connectivity index (χ1n) is 9.00. The Hall–Kier alpha value is -1.62. The molecule has 3 rings (SSSR count). The van der Waals surface area contributed by atoms with E-state index in [1.807, 2.05) is 13.1 Å². The molecule has 0 unspecified atom stereocenters. The maximum atomic E-state index is 13.5. The first kappa shape index (κ1) is 17.2. The lowest BCUT2D eigenvalue weighted by molar-refractivity contribution is 0.220. The van der Waals surface area contributed by atoms with Gasteiger partial charge in [-0.05, 0) is 69.4 Å². The zero-order valence-corrected chi connectivity index (χ0v) is 14.8. The third kappa shape index (κ3) is 4.26. The Labute approximate surface area is 144 Å². The minimum Gasteiger partial charge on any atom is -0.356 e. The molecular formula is C19H29FN4. The number of guanidine groups is 1. The molecule has 24 heavy (non-hydrogen) atoms. The molecule has 0 radical (unpaired) electrons. The van der Waals surface area contributed by atoms with E-state index in [9.17, 15) is 4.39 Å². The summed E-state index contributed by atoms with van der Waals surface area (Å²) in [6.45, 7) is 4.14. The van der Waals surface area contributed by atoms with Crippen LogP contribution in [-0.2, 0) is 5.41 Å². The maximum Gasteiger partial charge on any atom is 0.191 e. The molecule has 2 aliphatic rings. The van der Waals surface area contributed by atoms with Crippen LogP contribution >= 0.6 is 0 Å². The van der Waals surface area contributed by atoms with Crippen molar-refractivity contribution in [2.75, 3.05) is 40.3 Å². The summed E-state index contributed by atoms with van der Waals surface area (Å²) in [5, 5.41) is 6.91. The van der Waals surface area contributed by atoms with Crippen molar-refractivity contribution >= 4 is 5.96 Å². The van der Waals surface area contributed by atoms with Crippen LogP contribution in [0.15, 0.2) is 29.3 Å². The van der Waals surface area contributed by atoms with Crippen LogP contribution in [0.3, 0.4) is 0 Å². The van der Waals surface area contributed by atoms with Gasteiger partial charge in [0.15, 0.2) is 5.96 Å². The van der Waals surface area contributed by atoms with Crippen molar-refractivity contribution in [2.24, 2.45) is 10.9 Å². The van der Waals surface area contributed by atoms with E-state index in [4.69, 9.17) is 0 Å². The average molecular weight is 332 g/mol. The molecule has 0 atom stereocenters. The van der Waals surface area contributed by atoms with Crippen LogP contribution in [0.2, 0.25) is 0 Å². The molecule has 0 aromatic heterocycles. The van der Waals surface area contributed by atoms with Crippen LogP contribution in [-0.4, -0.2) is 51.1 Å². The molecule has 1 saturated carbocycles. The molecule has 4 nitrogen and oxygen atoms in total. The fraction of sp³-hybridized carbons (Fsp3) is 0.632. The third-order valence-corrected chi connectivity index (χ3v) is 5.50. The standard InChI is InChI=1S/C19H29FN4/c1-21-18(22-13-15-6-10-24(2)11-7-15)23-14-19(8-9-19)16-4-3-5-17(20)12-16/h3-5,12,15H,6-11,13-14H2,1-2H3,(H2,21,22,23). The van der Waals surface area contributed by atoms with E-state index >= 15 is 0 Å². The van der Waals surface area contributed by atoms with Gasteiger partial charge in [-0.25, -0.2) is 4.39 Å². The molecule has 2 N–H and O–H groups in total. The fourth-order valence-electron chi connectivity index (χ4n) is 3.52. The van der Waals surface area contributed by atoms with Gasteiger partial charge >= 0.3 is 0 Å². The van der Waals surface area contributed by atoms with Gasteiger partial charge in [0, 0.05) is 25.6 Å². The van der Waals surface area contributed by atoms with Gasteiger partial charge in [0.25, 0.3) is 0 Å². The highest BCUT2D eigenvalue weighted by Gasteiger charge is 2.44. The second-order valence-corrected chi connectivity index (χ2v) is 7.34. The van der Waals surface area contributed by atoms with Gasteiger partial charge in [0.1, 0.15) is 5.82 Å². The van der Waals surface area contributed by atoms with Crippen LogP contribution in [0.25, 0.3) is 0 Å². The number of likely N-dealkylation sites (tertiary alicyclic amines) is 1. The Morgan fingerprint density at radius 2 is 2.04 bits per heavy atom. The van der Waals surface area contributed by atoms with E-state index < -0.39 is 0 Å². The normalized spacial score (nSPS) is 21.5. The van der Waals surface area contributed by atoms with Crippen molar-refractivity contribution in [1.82, 2.24) is 15.5 Å². The predicted octanol–water partition coefficient (Wildman–Crippen LogP) is 2.36. The number of nitrogens with zero attached hydrogens (tertiary/aromatic N) is 2. The summed E-state index contributed by atoms with van der Waals surface area (Å²) in [5.74, 6) is 1.43. The molecule has 1 aromatic carbocycles. The third-order valence-electron chi connectivity index (χ3n) is 5.50. The van der Waals surface area contributed by atoms with Crippen LogP contribution in [0.5, 0.6) is 0 Å². The van der Waals surface area contributed by atoms with E-state index in [1.165, 1.54) is 32.0 Å². The SMILES string of the molecule is CN=C(NCC1CCN(C)CC1)NCC1(c2cccc(F)c2)CC1. The summed E-state index contributed by atoms with van der Waals surface area (Å²) in [5.41, 5.74) is 1.17.